The molecule has 0 saturated carbocycles. The maximum Gasteiger partial charge on any atom is 0.123 e. The molecule has 1 aliphatic heterocycles. The van der Waals surface area contributed by atoms with Gasteiger partial charge in [0.1, 0.15) is 5.75 Å². The Morgan fingerprint density at radius 2 is 2.27 bits per heavy atom. The van der Waals surface area contributed by atoms with E-state index in [4.69, 9.17) is 16.3 Å². The lowest BCUT2D eigenvalue weighted by Crippen LogP contribution is -2.12. The highest BCUT2D eigenvalue weighted by Gasteiger charge is 2.20. The monoisotopic (exact) mass is 242 g/mol. The standard InChI is InChI=1S/C12H15ClOS/c13-7-3-9-15-12-6-8-14-11-5-2-1-4-10(11)12/h1-2,4-5,12H,3,6-9H2. The Balaban J connectivity index is 2.02. The Kier molecular flexibility index (Phi) is 4.21. The number of benzene rings is 1. The van der Waals surface area contributed by atoms with Crippen LogP contribution in [0.1, 0.15) is 23.7 Å². The first-order valence-electron chi connectivity index (χ1n) is 5.31. The van der Waals surface area contributed by atoms with Gasteiger partial charge in [0.15, 0.2) is 0 Å². The summed E-state index contributed by atoms with van der Waals surface area (Å²) >= 11 is 7.68. The summed E-state index contributed by atoms with van der Waals surface area (Å²) in [6.45, 7) is 0.843. The molecule has 1 aliphatic rings. The predicted octanol–water partition coefficient (Wildman–Crippen LogP) is 3.87. The SMILES string of the molecule is ClCCCSC1CCOc2ccccc21. The highest BCUT2D eigenvalue weighted by molar-refractivity contribution is 7.99. The second-order valence-corrected chi connectivity index (χ2v) is 5.27. The van der Waals surface area contributed by atoms with E-state index in [-0.39, 0.29) is 0 Å². The molecule has 1 aromatic carbocycles. The van der Waals surface area contributed by atoms with E-state index in [2.05, 4.69) is 18.2 Å². The lowest BCUT2D eigenvalue weighted by molar-refractivity contribution is 0.286. The summed E-state index contributed by atoms with van der Waals surface area (Å²) in [6, 6.07) is 8.35. The molecule has 0 fully saturated rings. The summed E-state index contributed by atoms with van der Waals surface area (Å²) in [5.74, 6) is 2.97. The molecular formula is C12H15ClOS. The molecule has 0 radical (unpaired) electrons. The molecule has 0 aliphatic carbocycles. The minimum absolute atomic E-state index is 0.596. The number of thioether (sulfide) groups is 1. The second kappa shape index (κ2) is 5.66. The van der Waals surface area contributed by atoms with E-state index < -0.39 is 0 Å². The Morgan fingerprint density at radius 3 is 3.13 bits per heavy atom. The van der Waals surface area contributed by atoms with Crippen molar-refractivity contribution in [3.05, 3.63) is 29.8 Å². The summed E-state index contributed by atoms with van der Waals surface area (Å²) in [5.41, 5.74) is 1.35. The third kappa shape index (κ3) is 2.82. The minimum Gasteiger partial charge on any atom is -0.493 e. The van der Waals surface area contributed by atoms with Crippen LogP contribution in [-0.4, -0.2) is 18.2 Å². The Bertz CT molecular complexity index is 316. The fourth-order valence-corrected chi connectivity index (χ4v) is 3.29. The van der Waals surface area contributed by atoms with Gasteiger partial charge in [-0.2, -0.15) is 11.8 Å². The molecule has 0 aromatic heterocycles. The molecule has 0 amide bonds. The number of ether oxygens (including phenoxy) is 1. The first-order chi connectivity index (χ1) is 7.42. The van der Waals surface area contributed by atoms with E-state index in [0.717, 1.165) is 36.8 Å². The van der Waals surface area contributed by atoms with Gasteiger partial charge in [-0.1, -0.05) is 18.2 Å². The van der Waals surface area contributed by atoms with Gasteiger partial charge >= 0.3 is 0 Å². The third-order valence-corrected chi connectivity index (χ3v) is 4.18. The Hall–Kier alpha value is -0.340. The van der Waals surface area contributed by atoms with Crippen molar-refractivity contribution in [2.45, 2.75) is 18.1 Å². The highest BCUT2D eigenvalue weighted by atomic mass is 35.5. The summed E-state index contributed by atoms with van der Waals surface area (Å²) in [7, 11) is 0. The summed E-state index contributed by atoms with van der Waals surface area (Å²) in [5, 5.41) is 0.596. The average Bonchev–Trinajstić information content (AvgIpc) is 2.30. The van der Waals surface area contributed by atoms with Gasteiger partial charge in [-0.25, -0.2) is 0 Å². The van der Waals surface area contributed by atoms with Crippen LogP contribution in [0.25, 0.3) is 0 Å². The minimum atomic E-state index is 0.596. The Labute approximate surface area is 100 Å². The normalized spacial score (nSPS) is 19.4. The van der Waals surface area contributed by atoms with E-state index in [9.17, 15) is 0 Å². The molecule has 1 heterocycles. The maximum absolute atomic E-state index is 5.68. The van der Waals surface area contributed by atoms with E-state index in [1.54, 1.807) is 0 Å². The fourth-order valence-electron chi connectivity index (χ4n) is 1.76. The van der Waals surface area contributed by atoms with Crippen LogP contribution < -0.4 is 4.74 Å². The van der Waals surface area contributed by atoms with E-state index in [1.165, 1.54) is 5.56 Å². The van der Waals surface area contributed by atoms with Crippen molar-refractivity contribution in [3.63, 3.8) is 0 Å². The molecule has 15 heavy (non-hydrogen) atoms. The molecular weight excluding hydrogens is 228 g/mol. The summed E-state index contributed by atoms with van der Waals surface area (Å²) in [6.07, 6.45) is 2.20. The summed E-state index contributed by atoms with van der Waals surface area (Å²) in [4.78, 5) is 0. The van der Waals surface area contributed by atoms with Crippen LogP contribution in [0.15, 0.2) is 24.3 Å². The molecule has 3 heteroatoms. The lowest BCUT2D eigenvalue weighted by atomic mass is 10.1. The van der Waals surface area contributed by atoms with E-state index in [0.29, 0.717) is 5.25 Å². The van der Waals surface area contributed by atoms with Crippen LogP contribution in [0.4, 0.5) is 0 Å². The van der Waals surface area contributed by atoms with Crippen molar-refractivity contribution >= 4 is 23.4 Å². The van der Waals surface area contributed by atoms with Crippen LogP contribution in [0.3, 0.4) is 0 Å². The first kappa shape index (κ1) is 11.2. The number of rotatable bonds is 4. The number of halogens is 1. The van der Waals surface area contributed by atoms with E-state index >= 15 is 0 Å². The number of hydrogen-bond donors (Lipinski definition) is 0. The van der Waals surface area contributed by atoms with Gasteiger partial charge in [0, 0.05) is 16.7 Å². The number of hydrogen-bond acceptors (Lipinski definition) is 2. The van der Waals surface area contributed by atoms with Gasteiger partial charge in [0.05, 0.1) is 6.61 Å². The van der Waals surface area contributed by atoms with Gasteiger partial charge in [-0.05, 0) is 24.7 Å². The van der Waals surface area contributed by atoms with Gasteiger partial charge in [0.25, 0.3) is 0 Å². The topological polar surface area (TPSA) is 9.23 Å². The fraction of sp³-hybridized carbons (Fsp3) is 0.500. The van der Waals surface area contributed by atoms with Crippen molar-refractivity contribution in [1.29, 1.82) is 0 Å². The molecule has 1 unspecified atom stereocenters. The molecule has 0 bridgehead atoms. The van der Waals surface area contributed by atoms with Crippen LogP contribution in [0.5, 0.6) is 5.75 Å². The van der Waals surface area contributed by atoms with Crippen molar-refractivity contribution < 1.29 is 4.74 Å². The molecule has 82 valence electrons. The zero-order chi connectivity index (χ0) is 10.5. The number of alkyl halides is 1. The molecule has 1 nitrogen and oxygen atoms in total. The van der Waals surface area contributed by atoms with Crippen LogP contribution in [-0.2, 0) is 0 Å². The number of para-hydroxylation sites is 1. The average molecular weight is 243 g/mol. The zero-order valence-electron chi connectivity index (χ0n) is 8.62. The highest BCUT2D eigenvalue weighted by Crippen LogP contribution is 2.40. The third-order valence-electron chi connectivity index (χ3n) is 2.50. The summed E-state index contributed by atoms with van der Waals surface area (Å²) < 4.78 is 5.62. The molecule has 0 saturated heterocycles. The van der Waals surface area contributed by atoms with Gasteiger partial charge in [0.2, 0.25) is 0 Å². The van der Waals surface area contributed by atoms with Crippen molar-refractivity contribution in [3.8, 4) is 5.75 Å². The zero-order valence-corrected chi connectivity index (χ0v) is 10.2. The maximum atomic E-state index is 5.68. The number of fused-ring (bicyclic) bond motifs is 1. The van der Waals surface area contributed by atoms with Crippen molar-refractivity contribution in [1.82, 2.24) is 0 Å². The Morgan fingerprint density at radius 1 is 1.40 bits per heavy atom. The predicted molar refractivity (Wildman–Crippen MR) is 67.1 cm³/mol. The largest absolute Gasteiger partial charge is 0.493 e. The van der Waals surface area contributed by atoms with Crippen LogP contribution >= 0.6 is 23.4 Å². The van der Waals surface area contributed by atoms with Crippen LogP contribution in [0, 0.1) is 0 Å². The smallest absolute Gasteiger partial charge is 0.123 e. The second-order valence-electron chi connectivity index (χ2n) is 3.58. The molecule has 2 rings (SSSR count). The first-order valence-corrected chi connectivity index (χ1v) is 6.89. The van der Waals surface area contributed by atoms with Crippen LogP contribution in [0.2, 0.25) is 0 Å². The van der Waals surface area contributed by atoms with Gasteiger partial charge in [-0.15, -0.1) is 11.6 Å². The van der Waals surface area contributed by atoms with Gasteiger partial charge < -0.3 is 4.74 Å². The van der Waals surface area contributed by atoms with E-state index in [1.807, 2.05) is 17.8 Å². The molecule has 0 N–H and O–H groups in total. The quantitative estimate of drug-likeness (QED) is 0.586. The lowest BCUT2D eigenvalue weighted by Gasteiger charge is -2.25. The van der Waals surface area contributed by atoms with Crippen molar-refractivity contribution in [2.24, 2.45) is 0 Å². The molecule has 1 aromatic rings. The molecule has 1 atom stereocenters. The van der Waals surface area contributed by atoms with Gasteiger partial charge in [-0.3, -0.25) is 0 Å². The van der Waals surface area contributed by atoms with Crippen molar-refractivity contribution in [2.75, 3.05) is 18.2 Å². The molecule has 0 spiro atoms.